The lowest BCUT2D eigenvalue weighted by Gasteiger charge is -2.36. The molecule has 1 amide bonds. The Morgan fingerprint density at radius 1 is 1.39 bits per heavy atom. The predicted octanol–water partition coefficient (Wildman–Crippen LogP) is 0.114. The van der Waals surface area contributed by atoms with Crippen molar-refractivity contribution in [3.05, 3.63) is 0 Å². The zero-order valence-corrected chi connectivity index (χ0v) is 11.1. The van der Waals surface area contributed by atoms with Gasteiger partial charge in [0.2, 0.25) is 5.91 Å². The molecule has 5 nitrogen and oxygen atoms in total. The molecule has 0 spiro atoms. The van der Waals surface area contributed by atoms with Gasteiger partial charge in [-0.3, -0.25) is 4.79 Å². The third kappa shape index (κ3) is 3.02. The summed E-state index contributed by atoms with van der Waals surface area (Å²) in [6, 6.07) is 0. The quantitative estimate of drug-likeness (QED) is 0.732. The smallest absolute Gasteiger partial charge is 0.242 e. The highest BCUT2D eigenvalue weighted by molar-refractivity contribution is 5.86. The summed E-state index contributed by atoms with van der Waals surface area (Å²) in [5.74, 6) is 0.457. The minimum absolute atomic E-state index is 0.0572. The molecule has 2 aliphatic rings. The van der Waals surface area contributed by atoms with Crippen molar-refractivity contribution in [1.29, 1.82) is 0 Å². The van der Waals surface area contributed by atoms with Gasteiger partial charge in [0.15, 0.2) is 0 Å². The molecule has 1 heterocycles. The van der Waals surface area contributed by atoms with Crippen LogP contribution >= 0.6 is 0 Å². The van der Waals surface area contributed by atoms with Crippen molar-refractivity contribution in [3.63, 3.8) is 0 Å². The molecule has 2 rings (SSSR count). The number of likely N-dealkylation sites (tertiary alicyclic amines) is 1. The molecule has 0 bridgehead atoms. The number of nitrogens with two attached hydrogens (primary N) is 1. The largest absolute Gasteiger partial charge is 0.394 e. The van der Waals surface area contributed by atoms with E-state index in [1.54, 1.807) is 0 Å². The number of carbonyl (C=O) groups excluding carboxylic acids is 1. The molecule has 1 aliphatic heterocycles. The van der Waals surface area contributed by atoms with Gasteiger partial charge in [-0.2, -0.15) is 0 Å². The highest BCUT2D eigenvalue weighted by Gasteiger charge is 2.46. The SMILES string of the molecule is CC(N)(C(=O)N1CCC(OCCO)CC1)C1CC1. The van der Waals surface area contributed by atoms with Crippen LogP contribution in [0.25, 0.3) is 0 Å². The molecule has 3 N–H and O–H groups in total. The summed E-state index contributed by atoms with van der Waals surface area (Å²) in [7, 11) is 0. The van der Waals surface area contributed by atoms with Gasteiger partial charge in [0.1, 0.15) is 0 Å². The van der Waals surface area contributed by atoms with Gasteiger partial charge in [-0.15, -0.1) is 0 Å². The predicted molar refractivity (Wildman–Crippen MR) is 68.0 cm³/mol. The Bertz CT molecular complexity index is 295. The van der Waals surface area contributed by atoms with E-state index in [0.29, 0.717) is 25.6 Å². The zero-order valence-electron chi connectivity index (χ0n) is 11.1. The zero-order chi connectivity index (χ0) is 13.2. The van der Waals surface area contributed by atoms with Crippen molar-refractivity contribution in [3.8, 4) is 0 Å². The van der Waals surface area contributed by atoms with Crippen LogP contribution in [0.1, 0.15) is 32.6 Å². The van der Waals surface area contributed by atoms with Gasteiger partial charge in [0, 0.05) is 13.1 Å². The maximum Gasteiger partial charge on any atom is 0.242 e. The minimum Gasteiger partial charge on any atom is -0.394 e. The van der Waals surface area contributed by atoms with Crippen molar-refractivity contribution in [2.75, 3.05) is 26.3 Å². The fourth-order valence-electron chi connectivity index (χ4n) is 2.64. The van der Waals surface area contributed by atoms with Crippen LogP contribution in [0.5, 0.6) is 0 Å². The van der Waals surface area contributed by atoms with Crippen molar-refractivity contribution in [2.45, 2.75) is 44.2 Å². The van der Waals surface area contributed by atoms with E-state index < -0.39 is 5.54 Å². The third-order valence-corrected chi connectivity index (χ3v) is 4.06. The van der Waals surface area contributed by atoms with Gasteiger partial charge in [0.05, 0.1) is 24.9 Å². The Morgan fingerprint density at radius 3 is 2.50 bits per heavy atom. The van der Waals surface area contributed by atoms with Crippen LogP contribution in [-0.4, -0.2) is 53.9 Å². The van der Waals surface area contributed by atoms with E-state index in [1.165, 1.54) is 0 Å². The first kappa shape index (κ1) is 13.8. The second-order valence-electron chi connectivity index (χ2n) is 5.64. The maximum absolute atomic E-state index is 12.3. The van der Waals surface area contributed by atoms with Crippen LogP contribution in [-0.2, 0) is 9.53 Å². The number of hydrogen-bond donors (Lipinski definition) is 2. The topological polar surface area (TPSA) is 75.8 Å². The van der Waals surface area contributed by atoms with Crippen LogP contribution in [0.4, 0.5) is 0 Å². The summed E-state index contributed by atoms with van der Waals surface area (Å²) in [4.78, 5) is 14.2. The summed E-state index contributed by atoms with van der Waals surface area (Å²) in [5, 5.41) is 8.71. The number of aliphatic hydroxyl groups excluding tert-OH is 1. The summed E-state index contributed by atoms with van der Waals surface area (Å²) in [5.41, 5.74) is 5.47. The van der Waals surface area contributed by atoms with E-state index in [4.69, 9.17) is 15.6 Å². The number of hydrogen-bond acceptors (Lipinski definition) is 4. The van der Waals surface area contributed by atoms with E-state index in [1.807, 2.05) is 11.8 Å². The molecule has 1 saturated heterocycles. The van der Waals surface area contributed by atoms with E-state index in [0.717, 1.165) is 25.7 Å². The Labute approximate surface area is 108 Å². The second-order valence-corrected chi connectivity index (χ2v) is 5.64. The highest BCUT2D eigenvalue weighted by atomic mass is 16.5. The van der Waals surface area contributed by atoms with Gasteiger partial charge in [-0.1, -0.05) is 0 Å². The summed E-state index contributed by atoms with van der Waals surface area (Å²) in [6.45, 7) is 3.74. The molecule has 1 atom stereocenters. The van der Waals surface area contributed by atoms with E-state index in [-0.39, 0.29) is 18.6 Å². The average molecular weight is 256 g/mol. The molecule has 1 unspecified atom stereocenters. The van der Waals surface area contributed by atoms with Crippen molar-refractivity contribution in [1.82, 2.24) is 4.90 Å². The molecular weight excluding hydrogens is 232 g/mol. The Morgan fingerprint density at radius 2 is 2.00 bits per heavy atom. The molecule has 1 saturated carbocycles. The molecular formula is C13H24N2O3. The van der Waals surface area contributed by atoms with Crippen LogP contribution in [0, 0.1) is 5.92 Å². The van der Waals surface area contributed by atoms with Crippen LogP contribution in [0.3, 0.4) is 0 Å². The van der Waals surface area contributed by atoms with Gasteiger partial charge < -0.3 is 20.5 Å². The lowest BCUT2D eigenvalue weighted by atomic mass is 9.94. The standard InChI is InChI=1S/C13H24N2O3/c1-13(14,10-2-3-10)12(17)15-6-4-11(5-7-15)18-9-8-16/h10-11,16H,2-9,14H2,1H3. The maximum atomic E-state index is 12.3. The normalized spacial score (nSPS) is 24.9. The first-order valence-corrected chi connectivity index (χ1v) is 6.86. The number of carbonyl (C=O) groups is 1. The number of ether oxygens (including phenoxy) is 1. The molecule has 104 valence electrons. The van der Waals surface area contributed by atoms with Crippen molar-refractivity contribution < 1.29 is 14.6 Å². The molecule has 0 aromatic rings. The number of aliphatic hydroxyl groups is 1. The van der Waals surface area contributed by atoms with Crippen LogP contribution in [0.15, 0.2) is 0 Å². The molecule has 0 radical (unpaired) electrons. The Kier molecular flexibility index (Phi) is 4.25. The third-order valence-electron chi connectivity index (χ3n) is 4.06. The summed E-state index contributed by atoms with van der Waals surface area (Å²) < 4.78 is 5.49. The summed E-state index contributed by atoms with van der Waals surface area (Å²) in [6.07, 6.45) is 4.01. The highest BCUT2D eigenvalue weighted by Crippen LogP contribution is 2.39. The van der Waals surface area contributed by atoms with Crippen molar-refractivity contribution in [2.24, 2.45) is 11.7 Å². The average Bonchev–Trinajstić information content (AvgIpc) is 3.20. The number of amides is 1. The first-order chi connectivity index (χ1) is 8.55. The molecule has 1 aliphatic carbocycles. The number of rotatable bonds is 5. The molecule has 5 heteroatoms. The van der Waals surface area contributed by atoms with Gasteiger partial charge in [-0.25, -0.2) is 0 Å². The fraction of sp³-hybridized carbons (Fsp3) is 0.923. The Hall–Kier alpha value is -0.650. The number of nitrogens with zero attached hydrogens (tertiary/aromatic N) is 1. The van der Waals surface area contributed by atoms with E-state index >= 15 is 0 Å². The molecule has 0 aromatic carbocycles. The molecule has 0 aromatic heterocycles. The second kappa shape index (κ2) is 5.55. The summed E-state index contributed by atoms with van der Waals surface area (Å²) >= 11 is 0. The van der Waals surface area contributed by atoms with Gasteiger partial charge in [0.25, 0.3) is 0 Å². The Balaban J connectivity index is 1.80. The lowest BCUT2D eigenvalue weighted by molar-refractivity contribution is -0.140. The minimum atomic E-state index is -0.682. The molecule has 18 heavy (non-hydrogen) atoms. The van der Waals surface area contributed by atoms with Gasteiger partial charge in [-0.05, 0) is 38.5 Å². The first-order valence-electron chi connectivity index (χ1n) is 6.86. The van der Waals surface area contributed by atoms with Crippen LogP contribution < -0.4 is 5.73 Å². The fourth-order valence-corrected chi connectivity index (χ4v) is 2.64. The number of piperidine rings is 1. The van der Waals surface area contributed by atoms with Crippen molar-refractivity contribution >= 4 is 5.91 Å². The van der Waals surface area contributed by atoms with Gasteiger partial charge >= 0.3 is 0 Å². The monoisotopic (exact) mass is 256 g/mol. The van der Waals surface area contributed by atoms with E-state index in [2.05, 4.69) is 0 Å². The van der Waals surface area contributed by atoms with E-state index in [9.17, 15) is 4.79 Å². The molecule has 2 fully saturated rings. The lowest BCUT2D eigenvalue weighted by Crippen LogP contribution is -2.56. The van der Waals surface area contributed by atoms with Crippen LogP contribution in [0.2, 0.25) is 0 Å².